The van der Waals surface area contributed by atoms with Gasteiger partial charge in [-0.3, -0.25) is 9.69 Å². The van der Waals surface area contributed by atoms with E-state index in [2.05, 4.69) is 42.3 Å². The van der Waals surface area contributed by atoms with Gasteiger partial charge >= 0.3 is 0 Å². The molecular weight excluding hydrogens is 348 g/mol. The SMILES string of the molecule is CN(Cc1ccccc1)C1CCOC2(CCN(C(=O)c3ccccc3)CC2)C1. The van der Waals surface area contributed by atoms with E-state index in [1.54, 1.807) is 0 Å². The van der Waals surface area contributed by atoms with E-state index in [1.807, 2.05) is 35.2 Å². The predicted octanol–water partition coefficient (Wildman–Crippen LogP) is 3.97. The lowest BCUT2D eigenvalue weighted by Gasteiger charge is -2.48. The van der Waals surface area contributed by atoms with Gasteiger partial charge < -0.3 is 9.64 Å². The van der Waals surface area contributed by atoms with E-state index in [0.717, 1.165) is 57.5 Å². The van der Waals surface area contributed by atoms with Crippen LogP contribution in [0.15, 0.2) is 60.7 Å². The number of ether oxygens (including phenoxy) is 1. The lowest BCUT2D eigenvalue weighted by molar-refractivity contribution is -0.128. The van der Waals surface area contributed by atoms with Crippen molar-refractivity contribution in [2.24, 2.45) is 0 Å². The second-order valence-electron chi connectivity index (χ2n) is 8.24. The molecule has 1 amide bonds. The molecule has 0 aromatic heterocycles. The van der Waals surface area contributed by atoms with Crippen LogP contribution >= 0.6 is 0 Å². The van der Waals surface area contributed by atoms with E-state index < -0.39 is 0 Å². The Morgan fingerprint density at radius 1 is 1.07 bits per heavy atom. The molecule has 4 heteroatoms. The molecule has 1 spiro atoms. The van der Waals surface area contributed by atoms with Crippen molar-refractivity contribution in [2.75, 3.05) is 26.7 Å². The van der Waals surface area contributed by atoms with Crippen molar-refractivity contribution in [1.82, 2.24) is 9.80 Å². The highest BCUT2D eigenvalue weighted by atomic mass is 16.5. The first-order valence-corrected chi connectivity index (χ1v) is 10.4. The first-order valence-electron chi connectivity index (χ1n) is 10.4. The van der Waals surface area contributed by atoms with E-state index in [0.29, 0.717) is 6.04 Å². The summed E-state index contributed by atoms with van der Waals surface area (Å²) in [5, 5.41) is 0. The van der Waals surface area contributed by atoms with Crippen LogP contribution in [-0.4, -0.2) is 54.1 Å². The molecule has 2 aliphatic rings. The quantitative estimate of drug-likeness (QED) is 0.807. The number of carbonyl (C=O) groups is 1. The van der Waals surface area contributed by atoms with Gasteiger partial charge in [0.1, 0.15) is 0 Å². The topological polar surface area (TPSA) is 32.8 Å². The summed E-state index contributed by atoms with van der Waals surface area (Å²) in [7, 11) is 2.23. The van der Waals surface area contributed by atoms with Gasteiger partial charge in [-0.2, -0.15) is 0 Å². The fraction of sp³-hybridized carbons (Fsp3) is 0.458. The molecule has 148 valence electrons. The van der Waals surface area contributed by atoms with Crippen molar-refractivity contribution >= 4 is 5.91 Å². The van der Waals surface area contributed by atoms with Gasteiger partial charge in [-0.05, 0) is 50.4 Å². The number of piperidine rings is 1. The smallest absolute Gasteiger partial charge is 0.253 e. The average molecular weight is 379 g/mol. The van der Waals surface area contributed by atoms with E-state index in [1.165, 1.54) is 5.56 Å². The van der Waals surface area contributed by atoms with Crippen LogP contribution in [0.25, 0.3) is 0 Å². The molecule has 0 saturated carbocycles. The molecule has 1 atom stereocenters. The number of likely N-dealkylation sites (tertiary alicyclic amines) is 1. The molecule has 0 radical (unpaired) electrons. The number of benzene rings is 2. The second kappa shape index (κ2) is 8.46. The summed E-state index contributed by atoms with van der Waals surface area (Å²) in [6.45, 7) is 3.35. The number of nitrogens with zero attached hydrogens (tertiary/aromatic N) is 2. The molecule has 2 aromatic rings. The first-order chi connectivity index (χ1) is 13.7. The van der Waals surface area contributed by atoms with Gasteiger partial charge in [-0.15, -0.1) is 0 Å². The summed E-state index contributed by atoms with van der Waals surface area (Å²) in [5.74, 6) is 0.143. The maximum Gasteiger partial charge on any atom is 0.253 e. The fourth-order valence-electron chi connectivity index (χ4n) is 4.61. The van der Waals surface area contributed by atoms with Gasteiger partial charge in [0.15, 0.2) is 0 Å². The molecule has 0 N–H and O–H groups in total. The third kappa shape index (κ3) is 4.29. The fourth-order valence-corrected chi connectivity index (χ4v) is 4.61. The lowest BCUT2D eigenvalue weighted by atomic mass is 9.81. The Labute approximate surface area is 168 Å². The van der Waals surface area contributed by atoms with Gasteiger partial charge in [0.05, 0.1) is 5.60 Å². The van der Waals surface area contributed by atoms with E-state index in [9.17, 15) is 4.79 Å². The van der Waals surface area contributed by atoms with Crippen molar-refractivity contribution in [1.29, 1.82) is 0 Å². The van der Waals surface area contributed by atoms with Gasteiger partial charge in [0.25, 0.3) is 5.91 Å². The molecule has 0 bridgehead atoms. The minimum atomic E-state index is -0.0681. The summed E-state index contributed by atoms with van der Waals surface area (Å²) in [5.41, 5.74) is 2.07. The molecule has 4 nitrogen and oxygen atoms in total. The Bertz CT molecular complexity index is 770. The van der Waals surface area contributed by atoms with Crippen LogP contribution in [0.4, 0.5) is 0 Å². The molecule has 2 heterocycles. The molecule has 2 saturated heterocycles. The third-order valence-corrected chi connectivity index (χ3v) is 6.35. The number of rotatable bonds is 4. The Balaban J connectivity index is 1.35. The van der Waals surface area contributed by atoms with E-state index in [-0.39, 0.29) is 11.5 Å². The minimum Gasteiger partial charge on any atom is -0.375 e. The van der Waals surface area contributed by atoms with Gasteiger partial charge in [-0.1, -0.05) is 48.5 Å². The second-order valence-corrected chi connectivity index (χ2v) is 8.24. The highest BCUT2D eigenvalue weighted by molar-refractivity contribution is 5.94. The molecule has 2 fully saturated rings. The predicted molar refractivity (Wildman–Crippen MR) is 111 cm³/mol. The molecule has 4 rings (SSSR count). The zero-order valence-corrected chi connectivity index (χ0v) is 16.7. The molecule has 0 aliphatic carbocycles. The lowest BCUT2D eigenvalue weighted by Crippen LogP contribution is -2.54. The highest BCUT2D eigenvalue weighted by Gasteiger charge is 2.42. The molecule has 28 heavy (non-hydrogen) atoms. The van der Waals surface area contributed by atoms with Crippen molar-refractivity contribution < 1.29 is 9.53 Å². The minimum absolute atomic E-state index is 0.0681. The van der Waals surface area contributed by atoms with E-state index in [4.69, 9.17) is 4.74 Å². The summed E-state index contributed by atoms with van der Waals surface area (Å²) in [4.78, 5) is 17.2. The van der Waals surface area contributed by atoms with Gasteiger partial charge in [0.2, 0.25) is 0 Å². The summed E-state index contributed by atoms with van der Waals surface area (Å²) < 4.78 is 6.31. The van der Waals surface area contributed by atoms with Crippen LogP contribution in [0.1, 0.15) is 41.6 Å². The highest BCUT2D eigenvalue weighted by Crippen LogP contribution is 2.37. The number of hydrogen-bond donors (Lipinski definition) is 0. The van der Waals surface area contributed by atoms with Crippen molar-refractivity contribution in [3.63, 3.8) is 0 Å². The Kier molecular flexibility index (Phi) is 5.79. The standard InChI is InChI=1S/C24H30N2O2/c1-25(19-20-8-4-2-5-9-20)22-12-17-28-24(18-22)13-15-26(16-14-24)23(27)21-10-6-3-7-11-21/h2-11,22H,12-19H2,1H3. The van der Waals surface area contributed by atoms with Crippen LogP contribution in [0.2, 0.25) is 0 Å². The average Bonchev–Trinajstić information content (AvgIpc) is 2.75. The number of hydrogen-bond acceptors (Lipinski definition) is 3. The summed E-state index contributed by atoms with van der Waals surface area (Å²) in [6, 6.07) is 20.8. The van der Waals surface area contributed by atoms with E-state index >= 15 is 0 Å². The Morgan fingerprint density at radius 3 is 2.39 bits per heavy atom. The molecule has 1 unspecified atom stereocenters. The Morgan fingerprint density at radius 2 is 1.71 bits per heavy atom. The zero-order chi connectivity index (χ0) is 19.4. The Hall–Kier alpha value is -2.17. The van der Waals surface area contributed by atoms with Crippen molar-refractivity contribution in [2.45, 2.75) is 43.9 Å². The van der Waals surface area contributed by atoms with Gasteiger partial charge in [-0.25, -0.2) is 0 Å². The zero-order valence-electron chi connectivity index (χ0n) is 16.7. The largest absolute Gasteiger partial charge is 0.375 e. The third-order valence-electron chi connectivity index (χ3n) is 6.35. The van der Waals surface area contributed by atoms with Crippen LogP contribution in [0.3, 0.4) is 0 Å². The van der Waals surface area contributed by atoms with Crippen molar-refractivity contribution in [3.05, 3.63) is 71.8 Å². The van der Waals surface area contributed by atoms with Crippen molar-refractivity contribution in [3.8, 4) is 0 Å². The van der Waals surface area contributed by atoms with Gasteiger partial charge in [0, 0.05) is 37.8 Å². The van der Waals surface area contributed by atoms with Crippen LogP contribution in [0.5, 0.6) is 0 Å². The molecule has 2 aromatic carbocycles. The van der Waals surface area contributed by atoms with Crippen LogP contribution in [-0.2, 0) is 11.3 Å². The normalized spacial score (nSPS) is 21.8. The first kappa shape index (κ1) is 19.2. The van der Waals surface area contributed by atoms with Crippen LogP contribution < -0.4 is 0 Å². The maximum absolute atomic E-state index is 12.7. The van der Waals surface area contributed by atoms with Crippen LogP contribution in [0, 0.1) is 0 Å². The molecular formula is C24H30N2O2. The maximum atomic E-state index is 12.7. The monoisotopic (exact) mass is 378 g/mol. The summed E-state index contributed by atoms with van der Waals surface area (Å²) >= 11 is 0. The number of carbonyl (C=O) groups excluding carboxylic acids is 1. The number of amides is 1. The molecule has 2 aliphatic heterocycles. The summed E-state index contributed by atoms with van der Waals surface area (Å²) in [6.07, 6.45) is 4.00.